The maximum Gasteiger partial charge on any atom is 0.267 e. The second kappa shape index (κ2) is 8.21. The minimum absolute atomic E-state index is 0.206. The van der Waals surface area contributed by atoms with Gasteiger partial charge in [0.1, 0.15) is 5.75 Å². The molecule has 0 aliphatic rings. The van der Waals surface area contributed by atoms with Gasteiger partial charge in [0.15, 0.2) is 0 Å². The molecule has 2 N–H and O–H groups in total. The first kappa shape index (κ1) is 18.9. The Morgan fingerprint density at radius 1 is 1.11 bits per heavy atom. The van der Waals surface area contributed by atoms with Crippen molar-refractivity contribution < 1.29 is 13.2 Å². The Labute approximate surface area is 160 Å². The second-order valence-electron chi connectivity index (χ2n) is 5.37. The van der Waals surface area contributed by atoms with Gasteiger partial charge in [-0.1, -0.05) is 59.9 Å². The molecule has 0 unspecified atom stereocenters. The molecule has 0 amide bonds. The van der Waals surface area contributed by atoms with E-state index in [1.54, 1.807) is 7.11 Å². The van der Waals surface area contributed by atoms with E-state index in [0.717, 1.165) is 28.2 Å². The fraction of sp³-hybridized carbons (Fsp3) is 0.0556. The lowest BCUT2D eigenvalue weighted by atomic mass is 10.1. The van der Waals surface area contributed by atoms with E-state index < -0.39 is 10.0 Å². The van der Waals surface area contributed by atoms with E-state index >= 15 is 0 Å². The molecular weight excluding hydrogens is 384 g/mol. The quantitative estimate of drug-likeness (QED) is 0.640. The fourth-order valence-corrected chi connectivity index (χ4v) is 3.47. The zero-order valence-corrected chi connectivity index (χ0v) is 15.9. The lowest BCUT2D eigenvalue weighted by Crippen LogP contribution is -2.11. The molecule has 0 saturated heterocycles. The molecule has 1 aromatic heterocycles. The number of aromatic nitrogens is 2. The minimum atomic E-state index is -3.90. The van der Waals surface area contributed by atoms with Crippen LogP contribution in [0.3, 0.4) is 0 Å². The summed E-state index contributed by atoms with van der Waals surface area (Å²) in [5.74, 6) is 0.772. The maximum atomic E-state index is 11.4. The van der Waals surface area contributed by atoms with Gasteiger partial charge in [0.25, 0.3) is 10.0 Å². The summed E-state index contributed by atoms with van der Waals surface area (Å²) in [4.78, 5) is 4.44. The summed E-state index contributed by atoms with van der Waals surface area (Å²) < 4.78 is 27.6. The third-order valence-corrected chi connectivity index (χ3v) is 5.60. The van der Waals surface area contributed by atoms with Gasteiger partial charge in [-0.25, -0.2) is 18.5 Å². The molecule has 2 aromatic carbocycles. The van der Waals surface area contributed by atoms with Crippen LogP contribution in [0.1, 0.15) is 11.1 Å². The molecule has 0 bridgehead atoms. The predicted octanol–water partition coefficient (Wildman–Crippen LogP) is 3.03. The van der Waals surface area contributed by atoms with Crippen LogP contribution in [0.5, 0.6) is 5.75 Å². The van der Waals surface area contributed by atoms with E-state index in [4.69, 9.17) is 9.88 Å². The van der Waals surface area contributed by atoms with Crippen molar-refractivity contribution in [2.75, 3.05) is 7.11 Å². The van der Waals surface area contributed by atoms with Crippen molar-refractivity contribution in [2.45, 2.75) is 4.34 Å². The number of benzene rings is 2. The van der Waals surface area contributed by atoms with Crippen molar-refractivity contribution in [3.63, 3.8) is 0 Å². The van der Waals surface area contributed by atoms with Crippen LogP contribution in [0.15, 0.2) is 70.0 Å². The molecule has 7 nitrogen and oxygen atoms in total. The Morgan fingerprint density at radius 3 is 2.41 bits per heavy atom. The zero-order chi connectivity index (χ0) is 19.3. The van der Waals surface area contributed by atoms with E-state index in [9.17, 15) is 8.42 Å². The number of nitrogens with two attached hydrogens (primary N) is 1. The van der Waals surface area contributed by atoms with Gasteiger partial charge in [0.05, 0.1) is 12.8 Å². The SMILES string of the molecule is COc1ccc(/C=C/C(=Nc2nnc(S(N)(=O)=O)s2)c2ccccc2)cc1. The normalized spacial score (nSPS) is 12.4. The van der Waals surface area contributed by atoms with Gasteiger partial charge in [0, 0.05) is 5.56 Å². The number of rotatable bonds is 6. The summed E-state index contributed by atoms with van der Waals surface area (Å²) >= 11 is 0.816. The smallest absolute Gasteiger partial charge is 0.267 e. The first-order valence-electron chi connectivity index (χ1n) is 7.78. The number of hydrogen-bond acceptors (Lipinski definition) is 7. The van der Waals surface area contributed by atoms with Gasteiger partial charge in [0.2, 0.25) is 9.47 Å². The first-order chi connectivity index (χ1) is 13.0. The Hall–Kier alpha value is -2.88. The van der Waals surface area contributed by atoms with Gasteiger partial charge >= 0.3 is 0 Å². The van der Waals surface area contributed by atoms with Crippen LogP contribution < -0.4 is 9.88 Å². The van der Waals surface area contributed by atoms with Crippen molar-refractivity contribution in [2.24, 2.45) is 10.1 Å². The average molecular weight is 400 g/mol. The topological polar surface area (TPSA) is 108 Å². The Bertz CT molecular complexity index is 1070. The largest absolute Gasteiger partial charge is 0.497 e. The van der Waals surface area contributed by atoms with E-state index in [1.807, 2.05) is 66.7 Å². The van der Waals surface area contributed by atoms with Crippen molar-refractivity contribution in [3.05, 3.63) is 71.8 Å². The summed E-state index contributed by atoms with van der Waals surface area (Å²) in [7, 11) is -2.28. The van der Waals surface area contributed by atoms with Crippen LogP contribution in [0, 0.1) is 0 Å². The van der Waals surface area contributed by atoms with Crippen LogP contribution in [0.25, 0.3) is 6.08 Å². The molecule has 0 aliphatic heterocycles. The highest BCUT2D eigenvalue weighted by atomic mass is 32.2. The standard InChI is InChI=1S/C18H16N4O3S2/c1-25-15-10-7-13(8-11-15)9-12-16(14-5-3-2-4-6-14)20-17-21-22-18(26-17)27(19,23)24/h2-12H,1H3,(H2,19,23,24)/b12-9+,20-16?. The summed E-state index contributed by atoms with van der Waals surface area (Å²) in [6, 6.07) is 17.0. The lowest BCUT2D eigenvalue weighted by Gasteiger charge is -2.02. The van der Waals surface area contributed by atoms with E-state index in [-0.39, 0.29) is 9.47 Å². The molecule has 3 rings (SSSR count). The molecule has 0 atom stereocenters. The van der Waals surface area contributed by atoms with Crippen LogP contribution in [0.4, 0.5) is 5.13 Å². The molecule has 138 valence electrons. The molecule has 3 aromatic rings. The summed E-state index contributed by atoms with van der Waals surface area (Å²) in [5.41, 5.74) is 2.43. The predicted molar refractivity (Wildman–Crippen MR) is 106 cm³/mol. The van der Waals surface area contributed by atoms with Gasteiger partial charge in [-0.05, 0) is 23.8 Å². The highest BCUT2D eigenvalue weighted by molar-refractivity contribution is 7.91. The third kappa shape index (κ3) is 5.07. The summed E-state index contributed by atoms with van der Waals surface area (Å²) in [5, 5.41) is 12.7. The lowest BCUT2D eigenvalue weighted by molar-refractivity contribution is 0.415. The third-order valence-electron chi connectivity index (χ3n) is 3.47. The van der Waals surface area contributed by atoms with Crippen LogP contribution >= 0.6 is 11.3 Å². The molecular formula is C18H16N4O3S2. The van der Waals surface area contributed by atoms with Crippen molar-refractivity contribution in [3.8, 4) is 5.75 Å². The number of nitrogens with zero attached hydrogens (tertiary/aromatic N) is 3. The van der Waals surface area contributed by atoms with Crippen molar-refractivity contribution in [1.82, 2.24) is 10.2 Å². The van der Waals surface area contributed by atoms with Gasteiger partial charge in [-0.2, -0.15) is 0 Å². The molecule has 0 fully saturated rings. The van der Waals surface area contributed by atoms with Gasteiger partial charge in [-0.3, -0.25) is 0 Å². The zero-order valence-electron chi connectivity index (χ0n) is 14.3. The van der Waals surface area contributed by atoms with Gasteiger partial charge < -0.3 is 4.74 Å². The molecule has 0 saturated carbocycles. The van der Waals surface area contributed by atoms with Crippen LogP contribution in [-0.4, -0.2) is 31.4 Å². The highest BCUT2D eigenvalue weighted by Gasteiger charge is 2.15. The van der Waals surface area contributed by atoms with E-state index in [0.29, 0.717) is 5.71 Å². The molecule has 1 heterocycles. The van der Waals surface area contributed by atoms with Crippen LogP contribution in [0.2, 0.25) is 0 Å². The summed E-state index contributed by atoms with van der Waals surface area (Å²) in [6.07, 6.45) is 3.72. The van der Waals surface area contributed by atoms with E-state index in [2.05, 4.69) is 15.2 Å². The van der Waals surface area contributed by atoms with Crippen LogP contribution in [-0.2, 0) is 10.0 Å². The average Bonchev–Trinajstić information content (AvgIpc) is 3.15. The Morgan fingerprint density at radius 2 is 1.81 bits per heavy atom. The number of sulfonamides is 1. The number of aliphatic imine (C=N–C) groups is 1. The van der Waals surface area contributed by atoms with Crippen molar-refractivity contribution >= 4 is 38.3 Å². The Balaban J connectivity index is 1.96. The number of ether oxygens (including phenoxy) is 1. The number of primary sulfonamides is 1. The number of hydrogen-bond donors (Lipinski definition) is 1. The molecule has 0 spiro atoms. The highest BCUT2D eigenvalue weighted by Crippen LogP contribution is 2.23. The summed E-state index contributed by atoms with van der Waals surface area (Å²) in [6.45, 7) is 0. The minimum Gasteiger partial charge on any atom is -0.497 e. The van der Waals surface area contributed by atoms with Gasteiger partial charge in [-0.15, -0.1) is 10.2 Å². The molecule has 27 heavy (non-hydrogen) atoms. The number of allylic oxidation sites excluding steroid dienone is 1. The monoisotopic (exact) mass is 400 g/mol. The maximum absolute atomic E-state index is 11.4. The second-order valence-corrected chi connectivity index (χ2v) is 8.06. The molecule has 0 aliphatic carbocycles. The fourth-order valence-electron chi connectivity index (χ4n) is 2.16. The van der Waals surface area contributed by atoms with E-state index in [1.165, 1.54) is 0 Å². The molecule has 9 heteroatoms. The number of methoxy groups -OCH3 is 1. The van der Waals surface area contributed by atoms with Crippen molar-refractivity contribution in [1.29, 1.82) is 0 Å². The Kier molecular flexibility index (Phi) is 5.75. The molecule has 0 radical (unpaired) electrons. The first-order valence-corrected chi connectivity index (χ1v) is 10.1.